The van der Waals surface area contributed by atoms with Crippen molar-refractivity contribution >= 4 is 11.6 Å². The summed E-state index contributed by atoms with van der Waals surface area (Å²) in [6.07, 6.45) is 8.94. The molecule has 0 aliphatic heterocycles. The minimum absolute atomic E-state index is 0.304. The molecule has 1 aromatic carbocycles. The molecule has 1 fully saturated rings. The highest BCUT2D eigenvalue weighted by Gasteiger charge is 2.26. The van der Waals surface area contributed by atoms with E-state index in [1.54, 1.807) is 31.9 Å². The number of aromatic nitrogens is 5. The van der Waals surface area contributed by atoms with E-state index in [9.17, 15) is 4.79 Å². The van der Waals surface area contributed by atoms with Gasteiger partial charge in [0, 0.05) is 35.2 Å². The quantitative estimate of drug-likeness (QED) is 0.514. The van der Waals surface area contributed by atoms with Crippen LogP contribution in [-0.2, 0) is 0 Å². The van der Waals surface area contributed by atoms with E-state index < -0.39 is 0 Å². The summed E-state index contributed by atoms with van der Waals surface area (Å²) >= 11 is 0. The normalized spacial score (nSPS) is 13.1. The highest BCUT2D eigenvalue weighted by molar-refractivity contribution is 6.07. The first-order valence-corrected chi connectivity index (χ1v) is 9.98. The maximum absolute atomic E-state index is 13.1. The Morgan fingerprint density at radius 3 is 2.74 bits per heavy atom. The zero-order valence-corrected chi connectivity index (χ0v) is 16.9. The van der Waals surface area contributed by atoms with Crippen molar-refractivity contribution in [2.75, 3.05) is 12.4 Å². The van der Waals surface area contributed by atoms with E-state index in [4.69, 9.17) is 4.74 Å². The fourth-order valence-corrected chi connectivity index (χ4v) is 3.49. The van der Waals surface area contributed by atoms with Crippen molar-refractivity contribution in [1.82, 2.24) is 24.7 Å². The van der Waals surface area contributed by atoms with Crippen LogP contribution in [0.15, 0.2) is 67.4 Å². The Hall–Kier alpha value is -4.07. The first kappa shape index (κ1) is 18.9. The van der Waals surface area contributed by atoms with Crippen LogP contribution in [0.2, 0.25) is 0 Å². The van der Waals surface area contributed by atoms with Gasteiger partial charge in [0.2, 0.25) is 0 Å². The molecule has 1 saturated carbocycles. The maximum atomic E-state index is 13.1. The van der Waals surface area contributed by atoms with Gasteiger partial charge in [-0.1, -0.05) is 12.1 Å². The Bertz CT molecular complexity index is 1230. The molecule has 154 valence electrons. The van der Waals surface area contributed by atoms with Crippen molar-refractivity contribution in [3.8, 4) is 28.3 Å². The lowest BCUT2D eigenvalue weighted by Gasteiger charge is -2.12. The van der Waals surface area contributed by atoms with Crippen LogP contribution in [0.3, 0.4) is 0 Å². The van der Waals surface area contributed by atoms with Crippen LogP contribution in [-0.4, -0.2) is 37.7 Å². The lowest BCUT2D eigenvalue weighted by atomic mass is 10.0. The first-order valence-electron chi connectivity index (χ1n) is 9.98. The molecular weight excluding hydrogens is 392 g/mol. The third-order valence-electron chi connectivity index (χ3n) is 5.20. The number of anilines is 1. The predicted molar refractivity (Wildman–Crippen MR) is 116 cm³/mol. The highest BCUT2D eigenvalue weighted by Crippen LogP contribution is 2.37. The molecule has 3 aromatic heterocycles. The van der Waals surface area contributed by atoms with Crippen LogP contribution < -0.4 is 10.1 Å². The summed E-state index contributed by atoms with van der Waals surface area (Å²) in [5.41, 5.74) is 3.37. The van der Waals surface area contributed by atoms with Gasteiger partial charge in [0.25, 0.3) is 5.91 Å². The van der Waals surface area contributed by atoms with Gasteiger partial charge < -0.3 is 14.6 Å². The molecule has 1 aliphatic rings. The summed E-state index contributed by atoms with van der Waals surface area (Å²) in [4.78, 5) is 21.5. The number of hydrogen-bond acceptors (Lipinski definition) is 6. The summed E-state index contributed by atoms with van der Waals surface area (Å²) in [6, 6.07) is 13.5. The Balaban J connectivity index is 1.45. The second-order valence-corrected chi connectivity index (χ2v) is 7.34. The van der Waals surface area contributed by atoms with Crippen molar-refractivity contribution in [2.45, 2.75) is 18.9 Å². The predicted octanol–water partition coefficient (Wildman–Crippen LogP) is 4.00. The van der Waals surface area contributed by atoms with E-state index in [-0.39, 0.29) is 5.91 Å². The number of amides is 1. The molecule has 8 nitrogen and oxygen atoms in total. The molecular formula is C23H20N6O2. The Kier molecular flexibility index (Phi) is 4.87. The fourth-order valence-electron chi connectivity index (χ4n) is 3.49. The van der Waals surface area contributed by atoms with Gasteiger partial charge in [-0.2, -0.15) is 0 Å². The molecule has 4 aromatic rings. The Morgan fingerprint density at radius 2 is 1.97 bits per heavy atom. The minimum Gasteiger partial charge on any atom is -0.495 e. The van der Waals surface area contributed by atoms with Crippen LogP contribution >= 0.6 is 0 Å². The number of ether oxygens (including phenoxy) is 1. The van der Waals surface area contributed by atoms with Gasteiger partial charge >= 0.3 is 0 Å². The summed E-state index contributed by atoms with van der Waals surface area (Å²) < 4.78 is 7.39. The third kappa shape index (κ3) is 3.87. The summed E-state index contributed by atoms with van der Waals surface area (Å²) in [5.74, 6) is 1.07. The van der Waals surface area contributed by atoms with Crippen LogP contribution in [0.1, 0.15) is 29.4 Å². The molecule has 3 heterocycles. The van der Waals surface area contributed by atoms with Crippen LogP contribution in [0, 0.1) is 0 Å². The van der Waals surface area contributed by atoms with Crippen LogP contribution in [0.25, 0.3) is 22.5 Å². The minimum atomic E-state index is -0.310. The molecule has 0 spiro atoms. The van der Waals surface area contributed by atoms with Crippen LogP contribution in [0.4, 0.5) is 5.69 Å². The zero-order valence-electron chi connectivity index (χ0n) is 16.9. The number of methoxy groups -OCH3 is 1. The summed E-state index contributed by atoms with van der Waals surface area (Å²) in [6.45, 7) is 0. The summed E-state index contributed by atoms with van der Waals surface area (Å²) in [7, 11) is 1.57. The number of pyridine rings is 2. The van der Waals surface area contributed by atoms with E-state index in [1.165, 1.54) is 6.20 Å². The van der Waals surface area contributed by atoms with Gasteiger partial charge in [-0.05, 0) is 48.7 Å². The van der Waals surface area contributed by atoms with Gasteiger partial charge in [-0.3, -0.25) is 9.78 Å². The SMILES string of the molecule is COc1cnc(C(=O)Nc2cccc(-c3nncn3C3CC3)c2)c(-c2ccncc2)c1. The largest absolute Gasteiger partial charge is 0.495 e. The van der Waals surface area contributed by atoms with Crippen molar-refractivity contribution in [3.05, 3.63) is 73.1 Å². The van der Waals surface area contributed by atoms with Gasteiger partial charge in [0.15, 0.2) is 5.82 Å². The number of benzene rings is 1. The number of rotatable bonds is 6. The number of hydrogen-bond donors (Lipinski definition) is 1. The van der Waals surface area contributed by atoms with E-state index in [1.807, 2.05) is 36.4 Å². The van der Waals surface area contributed by atoms with Gasteiger partial charge in [-0.15, -0.1) is 10.2 Å². The second kappa shape index (κ2) is 7.98. The second-order valence-electron chi connectivity index (χ2n) is 7.34. The van der Waals surface area contributed by atoms with E-state index in [0.29, 0.717) is 28.7 Å². The third-order valence-corrected chi connectivity index (χ3v) is 5.20. The number of nitrogens with one attached hydrogen (secondary N) is 1. The highest BCUT2D eigenvalue weighted by atomic mass is 16.5. The molecule has 0 atom stereocenters. The smallest absolute Gasteiger partial charge is 0.274 e. The van der Waals surface area contributed by atoms with Crippen molar-refractivity contribution in [3.63, 3.8) is 0 Å². The molecule has 0 saturated heterocycles. The summed E-state index contributed by atoms with van der Waals surface area (Å²) in [5, 5.41) is 11.3. The first-order chi connectivity index (χ1) is 15.2. The van der Waals surface area contributed by atoms with Crippen molar-refractivity contribution in [1.29, 1.82) is 0 Å². The molecule has 8 heteroatoms. The molecule has 5 rings (SSSR count). The Labute approximate surface area is 179 Å². The fraction of sp³-hybridized carbons (Fsp3) is 0.174. The van der Waals surface area contributed by atoms with Gasteiger partial charge in [0.05, 0.1) is 13.3 Å². The number of carbonyl (C=O) groups is 1. The topological polar surface area (TPSA) is 94.8 Å². The standard InChI is InChI=1S/C23H20N6O2/c1-31-19-12-20(15-7-9-24-10-8-15)21(25-13-19)23(30)27-17-4-2-3-16(11-17)22-28-26-14-29(22)18-5-6-18/h2-4,7-14,18H,5-6H2,1H3,(H,27,30). The molecule has 31 heavy (non-hydrogen) atoms. The van der Waals surface area contributed by atoms with E-state index in [2.05, 4.69) is 30.0 Å². The lowest BCUT2D eigenvalue weighted by Crippen LogP contribution is -2.15. The van der Waals surface area contributed by atoms with E-state index in [0.717, 1.165) is 29.8 Å². The van der Waals surface area contributed by atoms with Gasteiger partial charge in [0.1, 0.15) is 17.8 Å². The molecule has 0 radical (unpaired) electrons. The van der Waals surface area contributed by atoms with Gasteiger partial charge in [-0.25, -0.2) is 4.98 Å². The van der Waals surface area contributed by atoms with Crippen molar-refractivity contribution < 1.29 is 9.53 Å². The average molecular weight is 412 g/mol. The number of nitrogens with zero attached hydrogens (tertiary/aromatic N) is 5. The molecule has 1 aliphatic carbocycles. The monoisotopic (exact) mass is 412 g/mol. The zero-order chi connectivity index (χ0) is 21.2. The van der Waals surface area contributed by atoms with E-state index >= 15 is 0 Å². The molecule has 1 N–H and O–H groups in total. The molecule has 0 bridgehead atoms. The van der Waals surface area contributed by atoms with Crippen LogP contribution in [0.5, 0.6) is 5.75 Å². The lowest BCUT2D eigenvalue weighted by molar-refractivity contribution is 0.102. The molecule has 0 unspecified atom stereocenters. The molecule has 1 amide bonds. The maximum Gasteiger partial charge on any atom is 0.274 e. The number of carbonyl (C=O) groups excluding carboxylic acids is 1. The Morgan fingerprint density at radius 1 is 1.13 bits per heavy atom. The average Bonchev–Trinajstić information content (AvgIpc) is 3.55. The van der Waals surface area contributed by atoms with Crippen molar-refractivity contribution in [2.24, 2.45) is 0 Å².